The van der Waals surface area contributed by atoms with Crippen LogP contribution in [0.15, 0.2) is 11.6 Å². The summed E-state index contributed by atoms with van der Waals surface area (Å²) < 4.78 is 0. The first-order chi connectivity index (χ1) is 4.36. The van der Waals surface area contributed by atoms with Crippen molar-refractivity contribution in [3.05, 3.63) is 11.6 Å². The monoisotopic (exact) mass is 125 g/mol. The lowest BCUT2D eigenvalue weighted by atomic mass is 10.1. The molecule has 2 nitrogen and oxygen atoms in total. The molecule has 0 aromatic heterocycles. The molecule has 1 saturated heterocycles. The summed E-state index contributed by atoms with van der Waals surface area (Å²) in [6.07, 6.45) is 2.79. The molecule has 0 amide bonds. The van der Waals surface area contributed by atoms with E-state index < -0.39 is 0 Å². The van der Waals surface area contributed by atoms with Crippen LogP contribution in [-0.2, 0) is 0 Å². The minimum atomic E-state index is -0.146. The van der Waals surface area contributed by atoms with E-state index in [1.807, 2.05) is 6.08 Å². The van der Waals surface area contributed by atoms with Crippen molar-refractivity contribution in [2.24, 2.45) is 5.92 Å². The lowest BCUT2D eigenvalue weighted by Gasteiger charge is -2.01. The zero-order valence-electron chi connectivity index (χ0n) is 5.30. The molecule has 0 aromatic rings. The largest absolute Gasteiger partial charge is 0.389 e. The fraction of sp³-hybridized carbons (Fsp3) is 0.714. The molecule has 50 valence electrons. The van der Waals surface area contributed by atoms with Gasteiger partial charge in [0.15, 0.2) is 0 Å². The van der Waals surface area contributed by atoms with Gasteiger partial charge in [0.25, 0.3) is 0 Å². The molecular formula is C7H11NO. The lowest BCUT2D eigenvalue weighted by Crippen LogP contribution is -2.12. The quantitative estimate of drug-likeness (QED) is 0.443. The van der Waals surface area contributed by atoms with Gasteiger partial charge in [-0.1, -0.05) is 11.6 Å². The molecule has 2 unspecified atom stereocenters. The minimum absolute atomic E-state index is 0.146. The molecule has 2 atom stereocenters. The first-order valence-corrected chi connectivity index (χ1v) is 3.45. The summed E-state index contributed by atoms with van der Waals surface area (Å²) in [5, 5.41) is 12.4. The van der Waals surface area contributed by atoms with Crippen molar-refractivity contribution < 1.29 is 5.11 Å². The number of hydrogen-bond donors (Lipinski definition) is 2. The van der Waals surface area contributed by atoms with Gasteiger partial charge in [0.1, 0.15) is 0 Å². The van der Waals surface area contributed by atoms with E-state index in [1.165, 1.54) is 5.57 Å². The summed E-state index contributed by atoms with van der Waals surface area (Å²) in [6, 6.07) is 0. The number of aliphatic hydroxyl groups excluding tert-OH is 1. The Bertz CT molecular complexity index is 153. The zero-order valence-corrected chi connectivity index (χ0v) is 5.30. The SMILES string of the molecule is OC1C=C2CNCC2C1. The van der Waals surface area contributed by atoms with E-state index in [9.17, 15) is 0 Å². The summed E-state index contributed by atoms with van der Waals surface area (Å²) >= 11 is 0. The van der Waals surface area contributed by atoms with E-state index in [4.69, 9.17) is 5.11 Å². The standard InChI is InChI=1S/C7H11NO/c9-7-1-5-3-8-4-6(5)2-7/h1,6-9H,2-4H2. The molecule has 1 aliphatic carbocycles. The highest BCUT2D eigenvalue weighted by Crippen LogP contribution is 2.28. The second-order valence-electron chi connectivity index (χ2n) is 2.87. The highest BCUT2D eigenvalue weighted by Gasteiger charge is 2.28. The highest BCUT2D eigenvalue weighted by atomic mass is 16.3. The number of rotatable bonds is 0. The first kappa shape index (κ1) is 5.45. The van der Waals surface area contributed by atoms with Crippen molar-refractivity contribution in [2.45, 2.75) is 12.5 Å². The van der Waals surface area contributed by atoms with Crippen LogP contribution in [0.1, 0.15) is 6.42 Å². The van der Waals surface area contributed by atoms with Crippen molar-refractivity contribution in [2.75, 3.05) is 13.1 Å². The summed E-state index contributed by atoms with van der Waals surface area (Å²) in [5.41, 5.74) is 1.42. The van der Waals surface area contributed by atoms with Crippen LogP contribution in [-0.4, -0.2) is 24.3 Å². The third-order valence-corrected chi connectivity index (χ3v) is 2.18. The second-order valence-corrected chi connectivity index (χ2v) is 2.87. The summed E-state index contributed by atoms with van der Waals surface area (Å²) in [4.78, 5) is 0. The Morgan fingerprint density at radius 3 is 3.33 bits per heavy atom. The van der Waals surface area contributed by atoms with E-state index >= 15 is 0 Å². The van der Waals surface area contributed by atoms with Gasteiger partial charge in [-0.15, -0.1) is 0 Å². The van der Waals surface area contributed by atoms with Gasteiger partial charge >= 0.3 is 0 Å². The Hall–Kier alpha value is -0.340. The topological polar surface area (TPSA) is 32.3 Å². The number of nitrogens with one attached hydrogen (secondary N) is 1. The van der Waals surface area contributed by atoms with Crippen LogP contribution in [0, 0.1) is 5.92 Å². The molecule has 2 N–H and O–H groups in total. The average molecular weight is 125 g/mol. The van der Waals surface area contributed by atoms with Gasteiger partial charge in [0.05, 0.1) is 6.10 Å². The van der Waals surface area contributed by atoms with E-state index in [1.54, 1.807) is 0 Å². The van der Waals surface area contributed by atoms with Crippen molar-refractivity contribution in [1.29, 1.82) is 0 Å². The normalized spacial score (nSPS) is 40.8. The fourth-order valence-electron chi connectivity index (χ4n) is 1.70. The Morgan fingerprint density at radius 1 is 1.67 bits per heavy atom. The minimum Gasteiger partial charge on any atom is -0.389 e. The van der Waals surface area contributed by atoms with E-state index in [0.717, 1.165) is 19.5 Å². The Kier molecular flexibility index (Phi) is 1.10. The van der Waals surface area contributed by atoms with Gasteiger partial charge in [-0.25, -0.2) is 0 Å². The van der Waals surface area contributed by atoms with Crippen LogP contribution < -0.4 is 5.32 Å². The Labute approximate surface area is 54.6 Å². The van der Waals surface area contributed by atoms with E-state index in [-0.39, 0.29) is 6.10 Å². The molecule has 0 saturated carbocycles. The molecule has 2 rings (SSSR count). The molecule has 1 heterocycles. The second kappa shape index (κ2) is 1.82. The van der Waals surface area contributed by atoms with Crippen molar-refractivity contribution in [3.8, 4) is 0 Å². The molecule has 0 radical (unpaired) electrons. The average Bonchev–Trinajstić information content (AvgIpc) is 2.22. The van der Waals surface area contributed by atoms with Crippen LogP contribution >= 0.6 is 0 Å². The van der Waals surface area contributed by atoms with E-state index in [0.29, 0.717) is 5.92 Å². The fourth-order valence-corrected chi connectivity index (χ4v) is 1.70. The Morgan fingerprint density at radius 2 is 2.56 bits per heavy atom. The van der Waals surface area contributed by atoms with Gasteiger partial charge in [-0.3, -0.25) is 0 Å². The summed E-state index contributed by atoms with van der Waals surface area (Å²) in [5.74, 6) is 0.653. The molecular weight excluding hydrogens is 114 g/mol. The molecule has 1 aliphatic heterocycles. The summed E-state index contributed by atoms with van der Waals surface area (Å²) in [6.45, 7) is 2.07. The Balaban J connectivity index is 2.18. The zero-order chi connectivity index (χ0) is 6.27. The van der Waals surface area contributed by atoms with Crippen molar-refractivity contribution in [3.63, 3.8) is 0 Å². The molecule has 1 fully saturated rings. The van der Waals surface area contributed by atoms with Gasteiger partial charge in [-0.05, 0) is 12.3 Å². The van der Waals surface area contributed by atoms with Gasteiger partial charge in [-0.2, -0.15) is 0 Å². The van der Waals surface area contributed by atoms with Gasteiger partial charge in [0.2, 0.25) is 0 Å². The highest BCUT2D eigenvalue weighted by molar-refractivity contribution is 5.21. The molecule has 2 aliphatic rings. The maximum atomic E-state index is 9.13. The number of aliphatic hydroxyl groups is 1. The van der Waals surface area contributed by atoms with Crippen LogP contribution in [0.2, 0.25) is 0 Å². The van der Waals surface area contributed by atoms with Crippen LogP contribution in [0.4, 0.5) is 0 Å². The molecule has 0 aromatic carbocycles. The lowest BCUT2D eigenvalue weighted by molar-refractivity contribution is 0.210. The maximum absolute atomic E-state index is 9.13. The number of hydrogen-bond acceptors (Lipinski definition) is 2. The van der Waals surface area contributed by atoms with Gasteiger partial charge < -0.3 is 10.4 Å². The third-order valence-electron chi connectivity index (χ3n) is 2.18. The molecule has 2 heteroatoms. The maximum Gasteiger partial charge on any atom is 0.0730 e. The van der Waals surface area contributed by atoms with Crippen molar-refractivity contribution in [1.82, 2.24) is 5.32 Å². The molecule has 0 spiro atoms. The predicted octanol–water partition coefficient (Wildman–Crippen LogP) is -0.103. The van der Waals surface area contributed by atoms with Crippen LogP contribution in [0.25, 0.3) is 0 Å². The smallest absolute Gasteiger partial charge is 0.0730 e. The van der Waals surface area contributed by atoms with Crippen molar-refractivity contribution >= 4 is 0 Å². The molecule has 0 bridgehead atoms. The predicted molar refractivity (Wildman–Crippen MR) is 35.1 cm³/mol. The van der Waals surface area contributed by atoms with Crippen LogP contribution in [0.5, 0.6) is 0 Å². The number of fused-ring (bicyclic) bond motifs is 1. The first-order valence-electron chi connectivity index (χ1n) is 3.45. The van der Waals surface area contributed by atoms with Crippen LogP contribution in [0.3, 0.4) is 0 Å². The van der Waals surface area contributed by atoms with E-state index in [2.05, 4.69) is 5.32 Å². The van der Waals surface area contributed by atoms with Gasteiger partial charge in [0, 0.05) is 13.1 Å². The molecule has 9 heavy (non-hydrogen) atoms. The summed E-state index contributed by atoms with van der Waals surface area (Å²) in [7, 11) is 0. The third kappa shape index (κ3) is 0.787.